The molecule has 0 saturated heterocycles. The first kappa shape index (κ1) is 11.2. The summed E-state index contributed by atoms with van der Waals surface area (Å²) in [4.78, 5) is 7.22. The fraction of sp³-hybridized carbons (Fsp3) is 0.250. The molecule has 0 spiro atoms. The number of H-pyrrole nitrogens is 1. The molecular formula is C12H14ClN3. The van der Waals surface area contributed by atoms with E-state index in [0.29, 0.717) is 0 Å². The van der Waals surface area contributed by atoms with E-state index in [9.17, 15) is 0 Å². The van der Waals surface area contributed by atoms with Gasteiger partial charge < -0.3 is 10.3 Å². The average Bonchev–Trinajstić information content (AvgIpc) is 2.80. The summed E-state index contributed by atoms with van der Waals surface area (Å²) in [5.74, 6) is 0.945. The van der Waals surface area contributed by atoms with Crippen LogP contribution in [0, 0.1) is 0 Å². The van der Waals surface area contributed by atoms with E-state index < -0.39 is 0 Å². The van der Waals surface area contributed by atoms with Crippen molar-refractivity contribution in [3.63, 3.8) is 0 Å². The van der Waals surface area contributed by atoms with Crippen molar-refractivity contribution in [2.75, 3.05) is 0 Å². The van der Waals surface area contributed by atoms with Crippen LogP contribution in [0.5, 0.6) is 0 Å². The number of hydrogen-bond acceptors (Lipinski definition) is 2. The Morgan fingerprint density at radius 3 is 2.75 bits per heavy atom. The normalized spacial score (nSPS) is 12.6. The molecular weight excluding hydrogens is 222 g/mol. The molecule has 0 unspecified atom stereocenters. The zero-order valence-corrected chi connectivity index (χ0v) is 9.83. The van der Waals surface area contributed by atoms with Crippen molar-refractivity contribution in [2.45, 2.75) is 19.5 Å². The molecule has 0 bridgehead atoms. The molecule has 0 aliphatic heterocycles. The largest absolute Gasteiger partial charge is 0.348 e. The van der Waals surface area contributed by atoms with Crippen LogP contribution in [-0.4, -0.2) is 9.97 Å². The topological polar surface area (TPSA) is 40.7 Å². The molecule has 0 fully saturated rings. The lowest BCUT2D eigenvalue weighted by molar-refractivity contribution is 0.562. The molecule has 0 aliphatic rings. The Morgan fingerprint density at radius 1 is 1.38 bits per heavy atom. The van der Waals surface area contributed by atoms with Gasteiger partial charge in [0.1, 0.15) is 5.82 Å². The third kappa shape index (κ3) is 2.84. The van der Waals surface area contributed by atoms with E-state index >= 15 is 0 Å². The molecule has 0 aliphatic carbocycles. The van der Waals surface area contributed by atoms with Crippen LogP contribution >= 0.6 is 11.6 Å². The van der Waals surface area contributed by atoms with Crippen LogP contribution < -0.4 is 5.32 Å². The number of benzene rings is 1. The third-order valence-corrected chi connectivity index (χ3v) is 2.75. The van der Waals surface area contributed by atoms with Crippen molar-refractivity contribution in [2.24, 2.45) is 0 Å². The van der Waals surface area contributed by atoms with E-state index in [1.54, 1.807) is 6.20 Å². The molecule has 2 N–H and O–H groups in total. The predicted octanol–water partition coefficient (Wildman–Crippen LogP) is 2.91. The molecule has 0 amide bonds. The quantitative estimate of drug-likeness (QED) is 0.856. The standard InChI is InChI=1S/C12H14ClN3/c1-9(10-2-4-11(13)5-3-10)16-8-12-14-6-7-15-12/h2-7,9,16H,8H2,1H3,(H,14,15)/t9-/m1/s1. The van der Waals surface area contributed by atoms with Gasteiger partial charge >= 0.3 is 0 Å². The molecule has 84 valence electrons. The minimum absolute atomic E-state index is 0.280. The molecule has 1 aromatic heterocycles. The van der Waals surface area contributed by atoms with Crippen molar-refractivity contribution < 1.29 is 0 Å². The molecule has 16 heavy (non-hydrogen) atoms. The lowest BCUT2D eigenvalue weighted by Crippen LogP contribution is -2.18. The third-order valence-electron chi connectivity index (χ3n) is 2.50. The van der Waals surface area contributed by atoms with Gasteiger partial charge in [-0.25, -0.2) is 4.98 Å². The van der Waals surface area contributed by atoms with Crippen LogP contribution in [-0.2, 0) is 6.54 Å². The number of nitrogens with one attached hydrogen (secondary N) is 2. The van der Waals surface area contributed by atoms with Gasteiger partial charge in [0.05, 0.1) is 6.54 Å². The van der Waals surface area contributed by atoms with Gasteiger partial charge in [0.15, 0.2) is 0 Å². The predicted molar refractivity (Wildman–Crippen MR) is 65.3 cm³/mol. The van der Waals surface area contributed by atoms with Crippen molar-refractivity contribution in [1.82, 2.24) is 15.3 Å². The zero-order chi connectivity index (χ0) is 11.4. The number of imidazole rings is 1. The van der Waals surface area contributed by atoms with Crippen LogP contribution in [0.2, 0.25) is 5.02 Å². The van der Waals surface area contributed by atoms with Gasteiger partial charge in [0, 0.05) is 23.5 Å². The number of rotatable bonds is 4. The Labute approximate surface area is 99.9 Å². The Hall–Kier alpha value is -1.32. The molecule has 3 nitrogen and oxygen atoms in total. The van der Waals surface area contributed by atoms with Crippen LogP contribution in [0.15, 0.2) is 36.7 Å². The summed E-state index contributed by atoms with van der Waals surface area (Å²) in [6.45, 7) is 2.85. The zero-order valence-electron chi connectivity index (χ0n) is 9.07. The van der Waals surface area contributed by atoms with E-state index in [0.717, 1.165) is 17.4 Å². The van der Waals surface area contributed by atoms with Crippen LogP contribution in [0.3, 0.4) is 0 Å². The Morgan fingerprint density at radius 2 is 2.12 bits per heavy atom. The second-order valence-electron chi connectivity index (χ2n) is 3.69. The highest BCUT2D eigenvalue weighted by molar-refractivity contribution is 6.30. The van der Waals surface area contributed by atoms with Gasteiger partial charge in [-0.15, -0.1) is 0 Å². The van der Waals surface area contributed by atoms with Crippen molar-refractivity contribution >= 4 is 11.6 Å². The summed E-state index contributed by atoms with van der Waals surface area (Å²) in [5, 5.41) is 4.15. The van der Waals surface area contributed by atoms with Crippen LogP contribution in [0.1, 0.15) is 24.4 Å². The smallest absolute Gasteiger partial charge is 0.120 e. The first-order valence-electron chi connectivity index (χ1n) is 5.23. The minimum atomic E-state index is 0.280. The SMILES string of the molecule is C[C@@H](NCc1ncc[nH]1)c1ccc(Cl)cc1. The van der Waals surface area contributed by atoms with Crippen LogP contribution in [0.25, 0.3) is 0 Å². The van der Waals surface area contributed by atoms with E-state index in [2.05, 4.69) is 22.2 Å². The Balaban J connectivity index is 1.93. The second kappa shape index (κ2) is 5.14. The second-order valence-corrected chi connectivity index (χ2v) is 4.13. The van der Waals surface area contributed by atoms with Crippen LogP contribution in [0.4, 0.5) is 0 Å². The minimum Gasteiger partial charge on any atom is -0.348 e. The average molecular weight is 236 g/mol. The highest BCUT2D eigenvalue weighted by Gasteiger charge is 2.04. The first-order chi connectivity index (χ1) is 7.75. The monoisotopic (exact) mass is 235 g/mol. The van der Waals surface area contributed by atoms with Gasteiger partial charge in [-0.05, 0) is 24.6 Å². The van der Waals surface area contributed by atoms with Gasteiger partial charge in [-0.1, -0.05) is 23.7 Å². The van der Waals surface area contributed by atoms with E-state index in [-0.39, 0.29) is 6.04 Å². The molecule has 1 atom stereocenters. The number of hydrogen-bond donors (Lipinski definition) is 2. The molecule has 4 heteroatoms. The molecule has 1 aromatic carbocycles. The number of aromatic amines is 1. The van der Waals surface area contributed by atoms with E-state index in [4.69, 9.17) is 11.6 Å². The molecule has 0 radical (unpaired) electrons. The lowest BCUT2D eigenvalue weighted by atomic mass is 10.1. The van der Waals surface area contributed by atoms with Crippen molar-refractivity contribution in [1.29, 1.82) is 0 Å². The molecule has 1 heterocycles. The van der Waals surface area contributed by atoms with Crippen molar-refractivity contribution in [3.8, 4) is 0 Å². The maximum absolute atomic E-state index is 5.84. The fourth-order valence-electron chi connectivity index (χ4n) is 1.51. The summed E-state index contributed by atoms with van der Waals surface area (Å²) in [5.41, 5.74) is 1.22. The number of halogens is 1. The van der Waals surface area contributed by atoms with Gasteiger partial charge in [0.25, 0.3) is 0 Å². The first-order valence-corrected chi connectivity index (χ1v) is 5.60. The highest BCUT2D eigenvalue weighted by Crippen LogP contribution is 2.16. The number of nitrogens with zero attached hydrogens (tertiary/aromatic N) is 1. The maximum atomic E-state index is 5.84. The summed E-state index contributed by atoms with van der Waals surface area (Å²) >= 11 is 5.84. The summed E-state index contributed by atoms with van der Waals surface area (Å²) in [6.07, 6.45) is 3.58. The van der Waals surface area contributed by atoms with Gasteiger partial charge in [-0.3, -0.25) is 0 Å². The molecule has 0 saturated carbocycles. The lowest BCUT2D eigenvalue weighted by Gasteiger charge is -2.13. The van der Waals surface area contributed by atoms with Crippen molar-refractivity contribution in [3.05, 3.63) is 53.1 Å². The fourth-order valence-corrected chi connectivity index (χ4v) is 1.64. The van der Waals surface area contributed by atoms with E-state index in [1.807, 2.05) is 30.5 Å². The number of aromatic nitrogens is 2. The molecule has 2 aromatic rings. The Bertz CT molecular complexity index is 422. The summed E-state index contributed by atoms with van der Waals surface area (Å²) in [7, 11) is 0. The summed E-state index contributed by atoms with van der Waals surface area (Å²) < 4.78 is 0. The highest BCUT2D eigenvalue weighted by atomic mass is 35.5. The maximum Gasteiger partial charge on any atom is 0.120 e. The molecule has 2 rings (SSSR count). The summed E-state index contributed by atoms with van der Waals surface area (Å²) in [6, 6.07) is 8.15. The van der Waals surface area contributed by atoms with E-state index in [1.165, 1.54) is 5.56 Å². The van der Waals surface area contributed by atoms with Gasteiger partial charge in [-0.2, -0.15) is 0 Å². The Kier molecular flexibility index (Phi) is 3.59. The van der Waals surface area contributed by atoms with Gasteiger partial charge in [0.2, 0.25) is 0 Å².